The van der Waals surface area contributed by atoms with E-state index in [2.05, 4.69) is 10.3 Å². The third-order valence-electron chi connectivity index (χ3n) is 1.82. The minimum Gasteiger partial charge on any atom is -0.385 e. The molecule has 1 aromatic rings. The molecule has 0 saturated heterocycles. The van der Waals surface area contributed by atoms with E-state index in [0.717, 1.165) is 0 Å². The van der Waals surface area contributed by atoms with Crippen LogP contribution < -0.4 is 11.1 Å². The largest absolute Gasteiger partial charge is 0.385 e. The lowest BCUT2D eigenvalue weighted by Crippen LogP contribution is -2.12. The predicted octanol–water partition coefficient (Wildman–Crippen LogP) is 1.03. The topological polar surface area (TPSA) is 77.2 Å². The highest BCUT2D eigenvalue weighted by atomic mass is 16.5. The number of ether oxygens (including phenoxy) is 1. The Bertz CT molecular complexity index is 311. The zero-order valence-electron chi connectivity index (χ0n) is 8.69. The Hall–Kier alpha value is -1.62. The second-order valence-electron chi connectivity index (χ2n) is 3.12. The van der Waals surface area contributed by atoms with Gasteiger partial charge in [-0.25, -0.2) is 4.98 Å². The summed E-state index contributed by atoms with van der Waals surface area (Å²) in [5.74, 6) is 0.394. The molecule has 5 heteroatoms. The standard InChI is InChI=1S/C10H15N3O2/c1-15-6-2-3-10(14)13-8-4-5-9(11)12-7-8/h4-5,7H,2-3,6H2,1H3,(H2,11,12)(H,13,14). The van der Waals surface area contributed by atoms with Crippen LogP contribution in [0.25, 0.3) is 0 Å². The molecule has 82 valence electrons. The van der Waals surface area contributed by atoms with Crippen molar-refractivity contribution in [3.63, 3.8) is 0 Å². The summed E-state index contributed by atoms with van der Waals surface area (Å²) in [6.45, 7) is 0.591. The zero-order chi connectivity index (χ0) is 11.1. The molecule has 0 radical (unpaired) electrons. The second kappa shape index (κ2) is 5.98. The molecule has 1 aromatic heterocycles. The summed E-state index contributed by atoms with van der Waals surface area (Å²) >= 11 is 0. The summed E-state index contributed by atoms with van der Waals surface area (Å²) in [6, 6.07) is 3.36. The van der Waals surface area contributed by atoms with E-state index >= 15 is 0 Å². The first-order valence-electron chi connectivity index (χ1n) is 4.72. The molecule has 1 rings (SSSR count). The Morgan fingerprint density at radius 2 is 2.40 bits per heavy atom. The highest BCUT2D eigenvalue weighted by Gasteiger charge is 2.01. The summed E-state index contributed by atoms with van der Waals surface area (Å²) in [5.41, 5.74) is 6.07. The van der Waals surface area contributed by atoms with Crippen molar-refractivity contribution < 1.29 is 9.53 Å². The minimum absolute atomic E-state index is 0.0429. The van der Waals surface area contributed by atoms with Gasteiger partial charge in [0.05, 0.1) is 11.9 Å². The number of rotatable bonds is 5. The van der Waals surface area contributed by atoms with Gasteiger partial charge in [0, 0.05) is 20.1 Å². The third kappa shape index (κ3) is 4.42. The number of carbonyl (C=O) groups is 1. The summed E-state index contributed by atoms with van der Waals surface area (Å²) in [7, 11) is 1.61. The molecule has 5 nitrogen and oxygen atoms in total. The van der Waals surface area contributed by atoms with Crippen LogP contribution >= 0.6 is 0 Å². The molecule has 1 heterocycles. The van der Waals surface area contributed by atoms with E-state index in [1.807, 2.05) is 0 Å². The van der Waals surface area contributed by atoms with Gasteiger partial charge in [0.2, 0.25) is 5.91 Å². The average molecular weight is 209 g/mol. The van der Waals surface area contributed by atoms with E-state index in [4.69, 9.17) is 10.5 Å². The Balaban J connectivity index is 2.34. The van der Waals surface area contributed by atoms with Crippen LogP contribution in [0.2, 0.25) is 0 Å². The number of aromatic nitrogens is 1. The number of nitrogens with two attached hydrogens (primary N) is 1. The molecule has 0 fully saturated rings. The van der Waals surface area contributed by atoms with Gasteiger partial charge in [-0.2, -0.15) is 0 Å². The van der Waals surface area contributed by atoms with Gasteiger partial charge in [0.25, 0.3) is 0 Å². The van der Waals surface area contributed by atoms with E-state index in [-0.39, 0.29) is 5.91 Å². The Kier molecular flexibility index (Phi) is 4.56. The van der Waals surface area contributed by atoms with Gasteiger partial charge in [0.1, 0.15) is 5.82 Å². The normalized spacial score (nSPS) is 9.93. The number of amides is 1. The predicted molar refractivity (Wildman–Crippen MR) is 58.4 cm³/mol. The highest BCUT2D eigenvalue weighted by Crippen LogP contribution is 2.07. The quantitative estimate of drug-likeness (QED) is 0.710. The lowest BCUT2D eigenvalue weighted by molar-refractivity contribution is -0.116. The molecule has 0 spiro atoms. The van der Waals surface area contributed by atoms with Gasteiger partial charge in [-0.1, -0.05) is 0 Å². The molecule has 0 atom stereocenters. The van der Waals surface area contributed by atoms with Gasteiger partial charge >= 0.3 is 0 Å². The lowest BCUT2D eigenvalue weighted by atomic mass is 10.3. The number of nitrogen functional groups attached to an aromatic ring is 1. The fourth-order valence-corrected chi connectivity index (χ4v) is 1.08. The smallest absolute Gasteiger partial charge is 0.224 e. The number of pyridine rings is 1. The zero-order valence-corrected chi connectivity index (χ0v) is 8.69. The monoisotopic (exact) mass is 209 g/mol. The number of methoxy groups -OCH3 is 1. The number of nitrogens with zero attached hydrogens (tertiary/aromatic N) is 1. The van der Waals surface area contributed by atoms with Crippen LogP contribution in [0.4, 0.5) is 11.5 Å². The molecule has 0 saturated carbocycles. The fraction of sp³-hybridized carbons (Fsp3) is 0.400. The number of anilines is 2. The lowest BCUT2D eigenvalue weighted by Gasteiger charge is -2.04. The maximum Gasteiger partial charge on any atom is 0.224 e. The summed E-state index contributed by atoms with van der Waals surface area (Å²) in [5, 5.41) is 2.72. The highest BCUT2D eigenvalue weighted by molar-refractivity contribution is 5.90. The number of carbonyl (C=O) groups excluding carboxylic acids is 1. The van der Waals surface area contributed by atoms with E-state index in [1.165, 1.54) is 6.20 Å². The summed E-state index contributed by atoms with van der Waals surface area (Å²) in [6.07, 6.45) is 2.69. The Morgan fingerprint density at radius 3 is 3.00 bits per heavy atom. The maximum atomic E-state index is 11.3. The van der Waals surface area contributed by atoms with Crippen LogP contribution in [-0.4, -0.2) is 24.6 Å². The van der Waals surface area contributed by atoms with Crippen molar-refractivity contribution in [3.05, 3.63) is 18.3 Å². The molecule has 0 aliphatic rings. The van der Waals surface area contributed by atoms with E-state index in [1.54, 1.807) is 19.2 Å². The molecular weight excluding hydrogens is 194 g/mol. The number of hydrogen-bond donors (Lipinski definition) is 2. The molecular formula is C10H15N3O2. The molecule has 0 aromatic carbocycles. The summed E-state index contributed by atoms with van der Waals surface area (Å²) < 4.78 is 4.85. The minimum atomic E-state index is -0.0429. The van der Waals surface area contributed by atoms with Crippen LogP contribution in [0, 0.1) is 0 Å². The Morgan fingerprint density at radius 1 is 1.60 bits per heavy atom. The molecule has 3 N–H and O–H groups in total. The maximum absolute atomic E-state index is 11.3. The van der Waals surface area contributed by atoms with Crippen molar-refractivity contribution in [2.45, 2.75) is 12.8 Å². The first-order chi connectivity index (χ1) is 7.22. The van der Waals surface area contributed by atoms with Crippen LogP contribution in [0.15, 0.2) is 18.3 Å². The molecule has 15 heavy (non-hydrogen) atoms. The van der Waals surface area contributed by atoms with E-state index in [9.17, 15) is 4.79 Å². The van der Waals surface area contributed by atoms with Crippen LogP contribution in [0.3, 0.4) is 0 Å². The molecule has 0 unspecified atom stereocenters. The van der Waals surface area contributed by atoms with E-state index in [0.29, 0.717) is 31.0 Å². The molecule has 1 amide bonds. The first-order valence-corrected chi connectivity index (χ1v) is 4.72. The number of nitrogens with one attached hydrogen (secondary N) is 1. The van der Waals surface area contributed by atoms with Crippen LogP contribution in [0.1, 0.15) is 12.8 Å². The van der Waals surface area contributed by atoms with Crippen LogP contribution in [0.5, 0.6) is 0 Å². The van der Waals surface area contributed by atoms with Gasteiger partial charge in [-0.15, -0.1) is 0 Å². The third-order valence-corrected chi connectivity index (χ3v) is 1.82. The number of hydrogen-bond acceptors (Lipinski definition) is 4. The van der Waals surface area contributed by atoms with Crippen molar-refractivity contribution >= 4 is 17.4 Å². The van der Waals surface area contributed by atoms with Gasteiger partial charge in [0.15, 0.2) is 0 Å². The fourth-order valence-electron chi connectivity index (χ4n) is 1.08. The average Bonchev–Trinajstić information content (AvgIpc) is 2.22. The van der Waals surface area contributed by atoms with Crippen molar-refractivity contribution in [2.75, 3.05) is 24.8 Å². The SMILES string of the molecule is COCCCC(=O)Nc1ccc(N)nc1. The van der Waals surface area contributed by atoms with Crippen LogP contribution in [-0.2, 0) is 9.53 Å². The second-order valence-corrected chi connectivity index (χ2v) is 3.12. The van der Waals surface area contributed by atoms with Gasteiger partial charge < -0.3 is 15.8 Å². The van der Waals surface area contributed by atoms with Gasteiger partial charge in [-0.3, -0.25) is 4.79 Å². The first kappa shape index (κ1) is 11.5. The van der Waals surface area contributed by atoms with Crippen molar-refractivity contribution in [1.82, 2.24) is 4.98 Å². The van der Waals surface area contributed by atoms with E-state index < -0.39 is 0 Å². The molecule has 0 bridgehead atoms. The molecule has 0 aliphatic carbocycles. The van der Waals surface area contributed by atoms with Crippen molar-refractivity contribution in [2.24, 2.45) is 0 Å². The van der Waals surface area contributed by atoms with Crippen molar-refractivity contribution in [3.8, 4) is 0 Å². The van der Waals surface area contributed by atoms with Crippen molar-refractivity contribution in [1.29, 1.82) is 0 Å². The van der Waals surface area contributed by atoms with Gasteiger partial charge in [-0.05, 0) is 18.6 Å². The Labute approximate surface area is 88.6 Å². The summed E-state index contributed by atoms with van der Waals surface area (Å²) in [4.78, 5) is 15.2. The molecule has 0 aliphatic heterocycles.